The minimum atomic E-state index is -0.285. The van der Waals surface area contributed by atoms with Crippen LogP contribution in [-0.2, 0) is 5.54 Å². The maximum absolute atomic E-state index is 6.11. The maximum Gasteiger partial charge on any atom is 0.183 e. The molecule has 0 fully saturated rings. The van der Waals surface area contributed by atoms with Gasteiger partial charge in [-0.15, -0.1) is 22.9 Å². The summed E-state index contributed by atoms with van der Waals surface area (Å²) in [6, 6.07) is 10.2. The SMILES string of the molecule is Cc1csc(NC(C)(CCl)c2ccccc2)n1. The predicted octanol–water partition coefficient (Wildman–Crippen LogP) is 4.02. The van der Waals surface area contributed by atoms with Crippen LogP contribution in [-0.4, -0.2) is 10.9 Å². The summed E-state index contributed by atoms with van der Waals surface area (Å²) in [7, 11) is 0. The summed E-state index contributed by atoms with van der Waals surface area (Å²) >= 11 is 7.72. The van der Waals surface area contributed by atoms with E-state index in [0.29, 0.717) is 5.88 Å². The summed E-state index contributed by atoms with van der Waals surface area (Å²) in [4.78, 5) is 4.42. The molecule has 0 spiro atoms. The van der Waals surface area contributed by atoms with E-state index in [2.05, 4.69) is 29.4 Å². The zero-order valence-electron chi connectivity index (χ0n) is 9.90. The Morgan fingerprint density at radius 1 is 1.35 bits per heavy atom. The standard InChI is InChI=1S/C13H15ClN2S/c1-10-8-17-12(15-10)16-13(2,9-14)11-6-4-3-5-7-11/h3-8H,9H2,1-2H3,(H,15,16). The number of aryl methyl sites for hydroxylation is 1. The number of nitrogens with zero attached hydrogens (tertiary/aromatic N) is 1. The van der Waals surface area contributed by atoms with Gasteiger partial charge in [-0.05, 0) is 19.4 Å². The van der Waals surface area contributed by atoms with Crippen molar-refractivity contribution in [2.45, 2.75) is 19.4 Å². The van der Waals surface area contributed by atoms with E-state index in [1.807, 2.05) is 30.5 Å². The van der Waals surface area contributed by atoms with Gasteiger partial charge in [0.2, 0.25) is 0 Å². The van der Waals surface area contributed by atoms with E-state index in [4.69, 9.17) is 11.6 Å². The molecule has 0 aliphatic carbocycles. The zero-order valence-corrected chi connectivity index (χ0v) is 11.5. The molecule has 2 nitrogen and oxygen atoms in total. The fraction of sp³-hybridized carbons (Fsp3) is 0.308. The largest absolute Gasteiger partial charge is 0.351 e. The number of nitrogens with one attached hydrogen (secondary N) is 1. The summed E-state index contributed by atoms with van der Waals surface area (Å²) in [5.41, 5.74) is 1.91. The van der Waals surface area contributed by atoms with Crippen LogP contribution < -0.4 is 5.32 Å². The van der Waals surface area contributed by atoms with Crippen molar-refractivity contribution in [2.24, 2.45) is 0 Å². The second-order valence-corrected chi connectivity index (χ2v) is 5.38. The van der Waals surface area contributed by atoms with E-state index in [-0.39, 0.29) is 5.54 Å². The lowest BCUT2D eigenvalue weighted by Gasteiger charge is -2.29. The predicted molar refractivity (Wildman–Crippen MR) is 75.0 cm³/mol. The molecule has 2 rings (SSSR count). The van der Waals surface area contributed by atoms with Crippen molar-refractivity contribution < 1.29 is 0 Å². The highest BCUT2D eigenvalue weighted by Crippen LogP contribution is 2.28. The third-order valence-corrected chi connectivity index (χ3v) is 4.09. The molecule has 4 heteroatoms. The van der Waals surface area contributed by atoms with Crippen LogP contribution in [0.15, 0.2) is 35.7 Å². The number of halogens is 1. The Morgan fingerprint density at radius 3 is 2.59 bits per heavy atom. The van der Waals surface area contributed by atoms with Crippen LogP contribution >= 0.6 is 22.9 Å². The van der Waals surface area contributed by atoms with Gasteiger partial charge in [0.25, 0.3) is 0 Å². The number of alkyl halides is 1. The van der Waals surface area contributed by atoms with E-state index < -0.39 is 0 Å². The molecule has 0 saturated carbocycles. The molecule has 17 heavy (non-hydrogen) atoms. The third kappa shape index (κ3) is 2.79. The maximum atomic E-state index is 6.11. The van der Waals surface area contributed by atoms with Crippen LogP contribution in [0.4, 0.5) is 5.13 Å². The van der Waals surface area contributed by atoms with Gasteiger partial charge in [0.1, 0.15) is 0 Å². The quantitative estimate of drug-likeness (QED) is 0.846. The molecule has 0 aliphatic heterocycles. The Balaban J connectivity index is 2.26. The summed E-state index contributed by atoms with van der Waals surface area (Å²) in [5.74, 6) is 0.496. The Bertz CT molecular complexity index is 483. The number of anilines is 1. The minimum absolute atomic E-state index is 0.285. The van der Waals surface area contributed by atoms with Crippen LogP contribution in [0.5, 0.6) is 0 Å². The first-order chi connectivity index (χ1) is 8.14. The van der Waals surface area contributed by atoms with E-state index in [9.17, 15) is 0 Å². The van der Waals surface area contributed by atoms with Crippen molar-refractivity contribution in [3.8, 4) is 0 Å². The lowest BCUT2D eigenvalue weighted by Crippen LogP contribution is -2.33. The Labute approximate surface area is 111 Å². The van der Waals surface area contributed by atoms with Gasteiger partial charge in [0, 0.05) is 11.3 Å². The van der Waals surface area contributed by atoms with Gasteiger partial charge in [-0.1, -0.05) is 30.3 Å². The number of hydrogen-bond donors (Lipinski definition) is 1. The lowest BCUT2D eigenvalue weighted by molar-refractivity contribution is 0.616. The molecule has 0 radical (unpaired) electrons. The topological polar surface area (TPSA) is 24.9 Å². The van der Waals surface area contributed by atoms with Gasteiger partial charge >= 0.3 is 0 Å². The third-order valence-electron chi connectivity index (χ3n) is 2.68. The average molecular weight is 267 g/mol. The minimum Gasteiger partial charge on any atom is -0.351 e. The molecule has 1 aromatic carbocycles. The van der Waals surface area contributed by atoms with Crippen molar-refractivity contribution in [2.75, 3.05) is 11.2 Å². The lowest BCUT2D eigenvalue weighted by atomic mass is 9.94. The van der Waals surface area contributed by atoms with E-state index in [0.717, 1.165) is 10.8 Å². The van der Waals surface area contributed by atoms with E-state index in [1.165, 1.54) is 5.56 Å². The number of benzene rings is 1. The van der Waals surface area contributed by atoms with Gasteiger partial charge in [-0.25, -0.2) is 4.98 Å². The van der Waals surface area contributed by atoms with Gasteiger partial charge in [0.15, 0.2) is 5.13 Å². The number of aromatic nitrogens is 1. The molecule has 1 unspecified atom stereocenters. The highest BCUT2D eigenvalue weighted by atomic mass is 35.5. The zero-order chi connectivity index (χ0) is 12.3. The first-order valence-electron chi connectivity index (χ1n) is 5.46. The molecule has 0 saturated heterocycles. The Hall–Kier alpha value is -1.06. The summed E-state index contributed by atoms with van der Waals surface area (Å²) in [5, 5.41) is 6.36. The van der Waals surface area contributed by atoms with Gasteiger partial charge < -0.3 is 5.32 Å². The molecule has 1 N–H and O–H groups in total. The molecule has 1 heterocycles. The van der Waals surface area contributed by atoms with Crippen LogP contribution in [0.2, 0.25) is 0 Å². The molecular formula is C13H15ClN2S. The van der Waals surface area contributed by atoms with E-state index >= 15 is 0 Å². The second kappa shape index (κ2) is 5.07. The Kier molecular flexibility index (Phi) is 3.69. The summed E-state index contributed by atoms with van der Waals surface area (Å²) in [6.07, 6.45) is 0. The Morgan fingerprint density at radius 2 is 2.06 bits per heavy atom. The van der Waals surface area contributed by atoms with Crippen LogP contribution in [0.1, 0.15) is 18.2 Å². The molecule has 1 atom stereocenters. The van der Waals surface area contributed by atoms with Gasteiger partial charge in [0.05, 0.1) is 11.2 Å². The van der Waals surface area contributed by atoms with Gasteiger partial charge in [-0.2, -0.15) is 0 Å². The monoisotopic (exact) mass is 266 g/mol. The highest BCUT2D eigenvalue weighted by Gasteiger charge is 2.26. The molecular weight excluding hydrogens is 252 g/mol. The number of hydrogen-bond acceptors (Lipinski definition) is 3. The summed E-state index contributed by atoms with van der Waals surface area (Å²) < 4.78 is 0. The van der Waals surface area contributed by atoms with Crippen LogP contribution in [0, 0.1) is 6.92 Å². The fourth-order valence-electron chi connectivity index (χ4n) is 1.64. The normalized spacial score (nSPS) is 14.3. The van der Waals surface area contributed by atoms with Gasteiger partial charge in [-0.3, -0.25) is 0 Å². The molecule has 0 amide bonds. The number of thiazole rings is 1. The van der Waals surface area contributed by atoms with Crippen LogP contribution in [0.3, 0.4) is 0 Å². The van der Waals surface area contributed by atoms with Crippen molar-refractivity contribution in [3.63, 3.8) is 0 Å². The smallest absolute Gasteiger partial charge is 0.183 e. The molecule has 90 valence electrons. The highest BCUT2D eigenvalue weighted by molar-refractivity contribution is 7.13. The van der Waals surface area contributed by atoms with Crippen molar-refractivity contribution in [1.82, 2.24) is 4.98 Å². The van der Waals surface area contributed by atoms with Crippen LogP contribution in [0.25, 0.3) is 0 Å². The molecule has 2 aromatic rings. The average Bonchev–Trinajstić information content (AvgIpc) is 2.75. The van der Waals surface area contributed by atoms with Crippen molar-refractivity contribution in [1.29, 1.82) is 0 Å². The second-order valence-electron chi connectivity index (χ2n) is 4.25. The first-order valence-corrected chi connectivity index (χ1v) is 6.87. The summed E-state index contributed by atoms with van der Waals surface area (Å²) in [6.45, 7) is 4.08. The first kappa shape index (κ1) is 12.4. The van der Waals surface area contributed by atoms with Crippen molar-refractivity contribution in [3.05, 3.63) is 47.0 Å². The fourth-order valence-corrected chi connectivity index (χ4v) is 2.67. The van der Waals surface area contributed by atoms with Crippen molar-refractivity contribution >= 4 is 28.1 Å². The van der Waals surface area contributed by atoms with E-state index in [1.54, 1.807) is 11.3 Å². The molecule has 0 aliphatic rings. The number of rotatable bonds is 4. The molecule has 1 aromatic heterocycles. The molecule has 0 bridgehead atoms.